The van der Waals surface area contributed by atoms with E-state index in [0.717, 1.165) is 20.8 Å². The van der Waals surface area contributed by atoms with Gasteiger partial charge in [-0.1, -0.05) is 6.08 Å². The number of hydrogen-bond donors (Lipinski definition) is 1. The molecule has 0 amide bonds. The summed E-state index contributed by atoms with van der Waals surface area (Å²) in [5.74, 6) is 0.284. The van der Waals surface area contributed by atoms with E-state index in [-0.39, 0.29) is 11.7 Å². The van der Waals surface area contributed by atoms with E-state index in [0.29, 0.717) is 23.7 Å². The number of benzene rings is 2. The molecule has 0 fully saturated rings. The van der Waals surface area contributed by atoms with Gasteiger partial charge in [0.1, 0.15) is 5.01 Å². The highest BCUT2D eigenvalue weighted by molar-refractivity contribution is 7.19. The summed E-state index contributed by atoms with van der Waals surface area (Å²) in [4.78, 5) is 16.4. The van der Waals surface area contributed by atoms with Crippen LogP contribution in [0, 0.1) is 0 Å². The quantitative estimate of drug-likeness (QED) is 0.635. The highest BCUT2D eigenvalue weighted by Crippen LogP contribution is 2.37. The maximum atomic E-state index is 11.9. The minimum atomic E-state index is -0.340. The second-order valence-corrected chi connectivity index (χ2v) is 6.62. The van der Waals surface area contributed by atoms with E-state index < -0.39 is 0 Å². The second kappa shape index (κ2) is 8.09. The van der Waals surface area contributed by atoms with Gasteiger partial charge in [0.15, 0.2) is 11.5 Å². The van der Waals surface area contributed by atoms with Crippen LogP contribution in [0.4, 0.5) is 0 Å². The minimum Gasteiger partial charge on any atom is -0.502 e. The fraction of sp³-hybridized carbons (Fsp3) is 0.200. The average molecular weight is 385 g/mol. The molecule has 0 saturated carbocycles. The predicted octanol–water partition coefficient (Wildman–Crippen LogP) is 4.37. The molecule has 0 atom stereocenters. The van der Waals surface area contributed by atoms with Crippen molar-refractivity contribution < 1.29 is 24.1 Å². The molecule has 140 valence electrons. The third-order valence-electron chi connectivity index (χ3n) is 3.84. The highest BCUT2D eigenvalue weighted by atomic mass is 32.1. The standard InChI is InChI=1S/C20H19NO5S/c1-4-26-20(23)13-6-7-14-17(11-13)27-18(21-14)8-5-12-9-15(24-2)19(22)16(10-12)25-3/h5-11,22H,4H2,1-3H3/b8-5+. The number of aromatic nitrogens is 1. The van der Waals surface area contributed by atoms with Gasteiger partial charge in [0.25, 0.3) is 0 Å². The molecule has 2 aromatic carbocycles. The summed E-state index contributed by atoms with van der Waals surface area (Å²) >= 11 is 1.47. The molecule has 1 heterocycles. The number of ether oxygens (including phenoxy) is 3. The Morgan fingerprint density at radius 1 is 1.15 bits per heavy atom. The van der Waals surface area contributed by atoms with Crippen LogP contribution in [0.15, 0.2) is 30.3 Å². The Kier molecular flexibility index (Phi) is 5.61. The molecule has 3 rings (SSSR count). The Hall–Kier alpha value is -3.06. The molecule has 0 bridgehead atoms. The molecular formula is C20H19NO5S. The van der Waals surface area contributed by atoms with Crippen LogP contribution in [0.25, 0.3) is 22.4 Å². The first-order valence-electron chi connectivity index (χ1n) is 8.26. The van der Waals surface area contributed by atoms with Gasteiger partial charge in [-0.2, -0.15) is 0 Å². The highest BCUT2D eigenvalue weighted by Gasteiger charge is 2.11. The van der Waals surface area contributed by atoms with Crippen molar-refractivity contribution in [1.29, 1.82) is 0 Å². The van der Waals surface area contributed by atoms with Gasteiger partial charge in [0.2, 0.25) is 5.75 Å². The Morgan fingerprint density at radius 2 is 1.85 bits per heavy atom. The van der Waals surface area contributed by atoms with Crippen LogP contribution >= 0.6 is 11.3 Å². The number of fused-ring (bicyclic) bond motifs is 1. The largest absolute Gasteiger partial charge is 0.502 e. The number of aromatic hydroxyl groups is 1. The molecule has 0 unspecified atom stereocenters. The van der Waals surface area contributed by atoms with E-state index in [1.54, 1.807) is 31.2 Å². The maximum absolute atomic E-state index is 11.9. The summed E-state index contributed by atoms with van der Waals surface area (Å²) in [6.45, 7) is 2.12. The topological polar surface area (TPSA) is 77.9 Å². The van der Waals surface area contributed by atoms with Crippen molar-refractivity contribution in [2.75, 3.05) is 20.8 Å². The van der Waals surface area contributed by atoms with E-state index in [2.05, 4.69) is 4.98 Å². The Morgan fingerprint density at radius 3 is 2.48 bits per heavy atom. The Balaban J connectivity index is 1.89. The Bertz CT molecular complexity index is 984. The molecule has 1 N–H and O–H groups in total. The van der Waals surface area contributed by atoms with E-state index in [9.17, 15) is 9.90 Å². The summed E-state index contributed by atoms with van der Waals surface area (Å²) in [6.07, 6.45) is 3.72. The van der Waals surface area contributed by atoms with Crippen molar-refractivity contribution in [1.82, 2.24) is 4.98 Å². The van der Waals surface area contributed by atoms with Crippen LogP contribution < -0.4 is 9.47 Å². The summed E-state index contributed by atoms with van der Waals surface area (Å²) in [7, 11) is 2.97. The zero-order chi connectivity index (χ0) is 19.4. The molecule has 27 heavy (non-hydrogen) atoms. The monoisotopic (exact) mass is 385 g/mol. The molecule has 3 aromatic rings. The molecule has 1 aromatic heterocycles. The van der Waals surface area contributed by atoms with Gasteiger partial charge in [-0.15, -0.1) is 11.3 Å². The summed E-state index contributed by atoms with van der Waals surface area (Å²) in [5.41, 5.74) is 2.12. The van der Waals surface area contributed by atoms with Crippen molar-refractivity contribution in [3.63, 3.8) is 0 Å². The number of carbonyl (C=O) groups excluding carboxylic acids is 1. The summed E-state index contributed by atoms with van der Waals surface area (Å²) in [5, 5.41) is 10.8. The normalized spacial score (nSPS) is 11.1. The minimum absolute atomic E-state index is 0.0383. The fourth-order valence-corrected chi connectivity index (χ4v) is 3.44. The summed E-state index contributed by atoms with van der Waals surface area (Å²) < 4.78 is 16.3. The third kappa shape index (κ3) is 4.03. The zero-order valence-electron chi connectivity index (χ0n) is 15.2. The lowest BCUT2D eigenvalue weighted by Crippen LogP contribution is -2.03. The molecule has 0 radical (unpaired) electrons. The maximum Gasteiger partial charge on any atom is 0.338 e. The van der Waals surface area contributed by atoms with Gasteiger partial charge in [-0.05, 0) is 48.9 Å². The van der Waals surface area contributed by atoms with Crippen LogP contribution in [0.2, 0.25) is 0 Å². The summed E-state index contributed by atoms with van der Waals surface area (Å²) in [6, 6.07) is 8.72. The van der Waals surface area contributed by atoms with Crippen LogP contribution in [-0.2, 0) is 4.74 Å². The second-order valence-electron chi connectivity index (χ2n) is 5.56. The SMILES string of the molecule is CCOC(=O)c1ccc2nc(/C=C/c3cc(OC)c(O)c(OC)c3)sc2c1. The number of phenolic OH excluding ortho intramolecular Hbond substituents is 1. The van der Waals surface area contributed by atoms with Crippen molar-refractivity contribution in [2.24, 2.45) is 0 Å². The van der Waals surface area contributed by atoms with Gasteiger partial charge in [0.05, 0.1) is 36.6 Å². The van der Waals surface area contributed by atoms with Gasteiger partial charge >= 0.3 is 5.97 Å². The lowest BCUT2D eigenvalue weighted by Gasteiger charge is -2.09. The molecule has 0 aliphatic heterocycles. The van der Waals surface area contributed by atoms with E-state index in [4.69, 9.17) is 14.2 Å². The van der Waals surface area contributed by atoms with Crippen molar-refractivity contribution in [2.45, 2.75) is 6.92 Å². The van der Waals surface area contributed by atoms with Crippen molar-refractivity contribution >= 4 is 39.7 Å². The number of rotatable bonds is 6. The number of thiazole rings is 1. The van der Waals surface area contributed by atoms with Crippen LogP contribution in [-0.4, -0.2) is 36.9 Å². The smallest absolute Gasteiger partial charge is 0.338 e. The molecule has 0 saturated heterocycles. The van der Waals surface area contributed by atoms with Gasteiger partial charge in [0, 0.05) is 0 Å². The third-order valence-corrected chi connectivity index (χ3v) is 4.82. The molecule has 0 spiro atoms. The van der Waals surface area contributed by atoms with Crippen molar-refractivity contribution in [3.05, 3.63) is 46.5 Å². The first-order valence-corrected chi connectivity index (χ1v) is 9.08. The number of nitrogens with zero attached hydrogens (tertiary/aromatic N) is 1. The Labute approximate surface area is 160 Å². The first kappa shape index (κ1) is 18.7. The van der Waals surface area contributed by atoms with E-state index >= 15 is 0 Å². The van der Waals surface area contributed by atoms with Gasteiger partial charge < -0.3 is 19.3 Å². The molecule has 0 aliphatic carbocycles. The number of hydrogen-bond acceptors (Lipinski definition) is 7. The fourth-order valence-electron chi connectivity index (χ4n) is 2.53. The predicted molar refractivity (Wildman–Crippen MR) is 106 cm³/mol. The molecule has 6 nitrogen and oxygen atoms in total. The van der Waals surface area contributed by atoms with Gasteiger partial charge in [-0.25, -0.2) is 9.78 Å². The van der Waals surface area contributed by atoms with E-state index in [1.165, 1.54) is 25.6 Å². The molecular weight excluding hydrogens is 366 g/mol. The molecule has 0 aliphatic rings. The van der Waals surface area contributed by atoms with Gasteiger partial charge in [-0.3, -0.25) is 0 Å². The molecule has 7 heteroatoms. The average Bonchev–Trinajstić information content (AvgIpc) is 3.09. The van der Waals surface area contributed by atoms with E-state index in [1.807, 2.05) is 18.2 Å². The van der Waals surface area contributed by atoms with Crippen molar-refractivity contribution in [3.8, 4) is 17.2 Å². The zero-order valence-corrected chi connectivity index (χ0v) is 16.0. The number of carbonyl (C=O) groups is 1. The number of phenols is 1. The van der Waals surface area contributed by atoms with Crippen LogP contribution in [0.5, 0.6) is 17.2 Å². The number of methoxy groups -OCH3 is 2. The first-order chi connectivity index (χ1) is 13.0. The lowest BCUT2D eigenvalue weighted by atomic mass is 10.1. The lowest BCUT2D eigenvalue weighted by molar-refractivity contribution is 0.0526. The van der Waals surface area contributed by atoms with Crippen LogP contribution in [0.1, 0.15) is 27.9 Å². The van der Waals surface area contributed by atoms with Crippen LogP contribution in [0.3, 0.4) is 0 Å². The number of esters is 1.